The fourth-order valence-corrected chi connectivity index (χ4v) is 6.13. The van der Waals surface area contributed by atoms with Gasteiger partial charge in [-0.3, -0.25) is 10.2 Å². The van der Waals surface area contributed by atoms with Gasteiger partial charge < -0.3 is 10.1 Å². The average Bonchev–Trinajstić information content (AvgIpc) is 3.53. The Kier molecular flexibility index (Phi) is 7.32. The third-order valence-electron chi connectivity index (χ3n) is 6.68. The van der Waals surface area contributed by atoms with E-state index in [1.165, 1.54) is 17.7 Å². The molecule has 0 unspecified atom stereocenters. The van der Waals surface area contributed by atoms with Crippen LogP contribution in [0.2, 0.25) is 5.02 Å². The lowest BCUT2D eigenvalue weighted by Gasteiger charge is -2.26. The number of fused-ring (bicyclic) bond motifs is 3. The van der Waals surface area contributed by atoms with Gasteiger partial charge in [-0.25, -0.2) is 24.4 Å². The van der Waals surface area contributed by atoms with Crippen molar-refractivity contribution in [2.75, 3.05) is 44.7 Å². The van der Waals surface area contributed by atoms with Gasteiger partial charge in [-0.15, -0.1) is 0 Å². The number of hydrogen-bond acceptors (Lipinski definition) is 8. The molecule has 38 heavy (non-hydrogen) atoms. The van der Waals surface area contributed by atoms with Gasteiger partial charge in [0.1, 0.15) is 6.33 Å². The molecule has 1 aromatic carbocycles. The number of carbonyl (C=O) groups is 1. The quantitative estimate of drug-likeness (QED) is 0.334. The van der Waals surface area contributed by atoms with Crippen LogP contribution in [0.3, 0.4) is 0 Å². The minimum Gasteiger partial charge on any atom is -0.379 e. The molecule has 6 rings (SSSR count). The molecule has 196 valence electrons. The third-order valence-corrected chi connectivity index (χ3v) is 8.02. The molecule has 0 spiro atoms. The minimum absolute atomic E-state index is 0.250. The molecule has 10 nitrogen and oxygen atoms in total. The van der Waals surface area contributed by atoms with Gasteiger partial charge in [-0.05, 0) is 37.9 Å². The lowest BCUT2D eigenvalue weighted by molar-refractivity contribution is 0.0375. The SMILES string of the molecule is O=C(NCCCN1CCOCC1)Nc1nc2c(s1)-c1c(c(-c3cncnc3)nn1-c1ccccc1Cl)CC2. The van der Waals surface area contributed by atoms with Crippen molar-refractivity contribution in [3.05, 3.63) is 59.3 Å². The minimum atomic E-state index is -0.250. The average molecular weight is 551 g/mol. The zero-order chi connectivity index (χ0) is 25.9. The molecule has 1 fully saturated rings. The van der Waals surface area contributed by atoms with E-state index in [0.29, 0.717) is 16.7 Å². The first-order valence-corrected chi connectivity index (χ1v) is 13.8. The van der Waals surface area contributed by atoms with Crippen molar-refractivity contribution in [1.82, 2.24) is 34.9 Å². The fraction of sp³-hybridized carbons (Fsp3) is 0.346. The van der Waals surface area contributed by atoms with E-state index in [-0.39, 0.29) is 6.03 Å². The smallest absolute Gasteiger partial charge is 0.321 e. The second-order valence-corrected chi connectivity index (χ2v) is 10.6. The molecule has 0 saturated carbocycles. The highest BCUT2D eigenvalue weighted by molar-refractivity contribution is 7.19. The molecule has 0 bridgehead atoms. The van der Waals surface area contributed by atoms with Gasteiger partial charge in [-0.2, -0.15) is 5.10 Å². The van der Waals surface area contributed by atoms with E-state index in [1.54, 1.807) is 12.4 Å². The van der Waals surface area contributed by atoms with Gasteiger partial charge >= 0.3 is 6.03 Å². The normalized spacial score (nSPS) is 15.1. The number of anilines is 1. The number of para-hydroxylation sites is 1. The van der Waals surface area contributed by atoms with Crippen molar-refractivity contribution >= 4 is 34.1 Å². The van der Waals surface area contributed by atoms with E-state index in [0.717, 1.165) is 90.9 Å². The monoisotopic (exact) mass is 550 g/mol. The lowest BCUT2D eigenvalue weighted by atomic mass is 9.96. The highest BCUT2D eigenvalue weighted by Gasteiger charge is 2.30. The molecule has 12 heteroatoms. The Bertz CT molecular complexity index is 1430. The third kappa shape index (κ3) is 5.14. The Morgan fingerprint density at radius 2 is 1.95 bits per heavy atom. The van der Waals surface area contributed by atoms with Gasteiger partial charge in [0.05, 0.1) is 45.9 Å². The van der Waals surface area contributed by atoms with Crippen LogP contribution in [0, 0.1) is 0 Å². The first kappa shape index (κ1) is 24.9. The van der Waals surface area contributed by atoms with Crippen LogP contribution in [0.15, 0.2) is 43.0 Å². The highest BCUT2D eigenvalue weighted by atomic mass is 35.5. The van der Waals surface area contributed by atoms with Crippen LogP contribution < -0.4 is 10.6 Å². The summed E-state index contributed by atoms with van der Waals surface area (Å²) >= 11 is 8.05. The maximum atomic E-state index is 12.6. The number of halogens is 1. The molecule has 3 aromatic heterocycles. The van der Waals surface area contributed by atoms with Crippen molar-refractivity contribution in [3.63, 3.8) is 0 Å². The first-order valence-electron chi connectivity index (χ1n) is 12.6. The Labute approximate surface area is 229 Å². The number of benzene rings is 1. The lowest BCUT2D eigenvalue weighted by Crippen LogP contribution is -2.38. The number of morpholine rings is 1. The topological polar surface area (TPSA) is 110 Å². The summed E-state index contributed by atoms with van der Waals surface area (Å²) in [7, 11) is 0. The van der Waals surface area contributed by atoms with E-state index in [1.807, 2.05) is 28.9 Å². The van der Waals surface area contributed by atoms with Crippen LogP contribution in [0.4, 0.5) is 9.93 Å². The second-order valence-electron chi connectivity index (χ2n) is 9.15. The van der Waals surface area contributed by atoms with Gasteiger partial charge in [0, 0.05) is 43.2 Å². The summed E-state index contributed by atoms with van der Waals surface area (Å²) in [5.41, 5.74) is 5.42. The van der Waals surface area contributed by atoms with E-state index in [2.05, 4.69) is 25.5 Å². The van der Waals surface area contributed by atoms with Crippen LogP contribution in [-0.2, 0) is 17.6 Å². The summed E-state index contributed by atoms with van der Waals surface area (Å²) < 4.78 is 7.27. The fourth-order valence-electron chi connectivity index (χ4n) is 4.85. The molecule has 1 saturated heterocycles. The van der Waals surface area contributed by atoms with Gasteiger partial charge in [0.2, 0.25) is 0 Å². The zero-order valence-corrected chi connectivity index (χ0v) is 22.3. The summed E-state index contributed by atoms with van der Waals surface area (Å²) in [6.45, 7) is 4.99. The number of aromatic nitrogens is 5. The van der Waals surface area contributed by atoms with Crippen LogP contribution in [0.5, 0.6) is 0 Å². The standard InChI is InChI=1S/C26H27ClN8O2S/c27-19-4-1-2-5-21(19)35-23-18(22(33-35)17-14-28-16-29-15-17)6-7-20-24(23)38-26(31-20)32-25(36)30-8-3-9-34-10-12-37-13-11-34/h1-2,4-5,14-16H,3,6-13H2,(H2,30,31,32,36). The van der Waals surface area contributed by atoms with E-state index < -0.39 is 0 Å². The maximum Gasteiger partial charge on any atom is 0.321 e. The van der Waals surface area contributed by atoms with Crippen molar-refractivity contribution in [2.45, 2.75) is 19.3 Å². The number of hydrogen-bond donors (Lipinski definition) is 2. The van der Waals surface area contributed by atoms with E-state index in [4.69, 9.17) is 26.4 Å². The molecule has 4 aromatic rings. The summed E-state index contributed by atoms with van der Waals surface area (Å²) in [6, 6.07) is 7.38. The number of nitrogens with one attached hydrogen (secondary N) is 2. The van der Waals surface area contributed by atoms with Crippen molar-refractivity contribution in [2.24, 2.45) is 0 Å². The molecule has 2 aliphatic rings. The Balaban J connectivity index is 1.24. The van der Waals surface area contributed by atoms with Crippen LogP contribution >= 0.6 is 22.9 Å². The van der Waals surface area contributed by atoms with Crippen LogP contribution in [-0.4, -0.2) is 75.1 Å². The molecular weight excluding hydrogens is 524 g/mol. The van der Waals surface area contributed by atoms with Gasteiger partial charge in [-0.1, -0.05) is 35.1 Å². The second kappa shape index (κ2) is 11.2. The zero-order valence-electron chi connectivity index (χ0n) is 20.7. The number of thiazole rings is 1. The summed E-state index contributed by atoms with van der Waals surface area (Å²) in [5, 5.41) is 12.0. The largest absolute Gasteiger partial charge is 0.379 e. The number of nitrogens with zero attached hydrogens (tertiary/aromatic N) is 6. The number of aryl methyl sites for hydroxylation is 1. The number of carbonyl (C=O) groups excluding carboxylic acids is 1. The van der Waals surface area contributed by atoms with E-state index in [9.17, 15) is 4.79 Å². The Morgan fingerprint density at radius 1 is 1.13 bits per heavy atom. The predicted molar refractivity (Wildman–Crippen MR) is 147 cm³/mol. The molecule has 1 aliphatic heterocycles. The molecular formula is C26H27ClN8O2S. The molecule has 2 amide bonds. The molecule has 0 radical (unpaired) electrons. The molecule has 0 atom stereocenters. The molecule has 2 N–H and O–H groups in total. The highest BCUT2D eigenvalue weighted by Crippen LogP contribution is 2.44. The molecule has 1 aliphatic carbocycles. The predicted octanol–water partition coefficient (Wildman–Crippen LogP) is 4.05. The van der Waals surface area contributed by atoms with Crippen molar-refractivity contribution < 1.29 is 9.53 Å². The van der Waals surface area contributed by atoms with Gasteiger partial charge in [0.25, 0.3) is 0 Å². The maximum absolute atomic E-state index is 12.6. The number of urea groups is 1. The van der Waals surface area contributed by atoms with Gasteiger partial charge in [0.15, 0.2) is 5.13 Å². The van der Waals surface area contributed by atoms with E-state index >= 15 is 0 Å². The van der Waals surface area contributed by atoms with Crippen molar-refractivity contribution in [3.8, 4) is 27.5 Å². The van der Waals surface area contributed by atoms with Crippen molar-refractivity contribution in [1.29, 1.82) is 0 Å². The molecule has 4 heterocycles. The van der Waals surface area contributed by atoms with Crippen LogP contribution in [0.25, 0.3) is 27.5 Å². The Hall–Kier alpha value is -3.38. The number of rotatable bonds is 7. The Morgan fingerprint density at radius 3 is 2.76 bits per heavy atom. The summed E-state index contributed by atoms with van der Waals surface area (Å²) in [4.78, 5) is 29.1. The van der Waals surface area contributed by atoms with Crippen LogP contribution in [0.1, 0.15) is 17.7 Å². The summed E-state index contributed by atoms with van der Waals surface area (Å²) in [5.74, 6) is 0. The number of amides is 2. The number of ether oxygens (including phenoxy) is 1. The summed E-state index contributed by atoms with van der Waals surface area (Å²) in [6.07, 6.45) is 7.43. The first-order chi connectivity index (χ1) is 18.7.